The van der Waals surface area contributed by atoms with Crippen molar-refractivity contribution in [3.05, 3.63) is 0 Å². The van der Waals surface area contributed by atoms with Crippen LogP contribution in [0, 0.1) is 0 Å². The fraction of sp³-hybridized carbons (Fsp3) is 1.00. The van der Waals surface area contributed by atoms with Gasteiger partial charge in [-0.15, -0.1) is 31.4 Å². The molecule has 0 fully saturated rings. The van der Waals surface area contributed by atoms with Crippen LogP contribution in [0.2, 0.25) is 0 Å². The molecule has 3 heteroatoms. The maximum atomic E-state index is 4.70. The Hall–Kier alpha value is 1.05. The molecule has 0 rings (SSSR count). The Kier molecular flexibility index (Phi) is 3.37. The van der Waals surface area contributed by atoms with Crippen LogP contribution in [0.15, 0.2) is 0 Å². The Balaban J connectivity index is 4.75. The molecular weight excluding hydrogens is 192 g/mol. The predicted octanol–water partition coefficient (Wildman–Crippen LogP) is 4.08. The van der Waals surface area contributed by atoms with E-state index in [0.717, 1.165) is 0 Å². The number of thiol groups is 2. The van der Waals surface area contributed by atoms with Crippen LogP contribution in [0.25, 0.3) is 0 Å². The third-order valence-corrected chi connectivity index (χ3v) is 11.7. The average molecular weight is 212 g/mol. The van der Waals surface area contributed by atoms with Crippen molar-refractivity contribution in [1.82, 2.24) is 0 Å². The molecule has 0 saturated heterocycles. The molecule has 0 aromatic rings. The van der Waals surface area contributed by atoms with E-state index >= 15 is 0 Å². The van der Waals surface area contributed by atoms with Gasteiger partial charge in [0.05, 0.1) is 0 Å². The summed E-state index contributed by atoms with van der Waals surface area (Å²) in [5, 5.41) is 0. The van der Waals surface area contributed by atoms with Gasteiger partial charge in [-0.2, -0.15) is 0 Å². The number of rotatable bonds is 0. The summed E-state index contributed by atoms with van der Waals surface area (Å²) in [5.41, 5.74) is 0. The highest BCUT2D eigenvalue weighted by Crippen LogP contribution is 2.74. The van der Waals surface area contributed by atoms with Crippen molar-refractivity contribution in [1.29, 1.82) is 0 Å². The molecule has 0 atom stereocenters. The second-order valence-electron chi connectivity index (χ2n) is 4.77. The molecule has 0 nitrogen and oxygen atoms in total. The smallest absolute Gasteiger partial charge is 0.00893 e. The fourth-order valence-corrected chi connectivity index (χ4v) is 2.76. The monoisotopic (exact) mass is 212 g/mol. The van der Waals surface area contributed by atoms with Crippen molar-refractivity contribution >= 4 is 31.4 Å². The predicted molar refractivity (Wildman–Crippen MR) is 65.1 cm³/mol. The molecule has 0 N–H and O–H groups in total. The molecule has 70 valence electrons. The lowest BCUT2D eigenvalue weighted by molar-refractivity contribution is 0.734. The standard InChI is InChI=1S/C8H20S3/c1-7(2,3)11(9,10)8(4,5)6/h9-10H,1-6H3. The van der Waals surface area contributed by atoms with Crippen molar-refractivity contribution in [2.45, 2.75) is 51.0 Å². The van der Waals surface area contributed by atoms with Crippen molar-refractivity contribution in [2.75, 3.05) is 0 Å². The Morgan fingerprint density at radius 1 is 0.727 bits per heavy atom. The molecule has 0 aromatic heterocycles. The van der Waals surface area contributed by atoms with Gasteiger partial charge in [-0.3, -0.25) is 0 Å². The minimum Gasteiger partial charge on any atom is -0.140 e. The van der Waals surface area contributed by atoms with Gasteiger partial charge in [0, 0.05) is 9.49 Å². The van der Waals surface area contributed by atoms with Crippen LogP contribution in [0.4, 0.5) is 0 Å². The zero-order chi connectivity index (χ0) is 9.50. The molecule has 0 aliphatic carbocycles. The summed E-state index contributed by atoms with van der Waals surface area (Å²) < 4.78 is 0.384. The van der Waals surface area contributed by atoms with Crippen molar-refractivity contribution in [3.8, 4) is 0 Å². The van der Waals surface area contributed by atoms with Crippen LogP contribution in [0.1, 0.15) is 41.5 Å². The second kappa shape index (κ2) is 3.08. The SMILES string of the molecule is CC(C)(C)S(S)(S)C(C)(C)C. The minimum atomic E-state index is -1.13. The topological polar surface area (TPSA) is 0 Å². The lowest BCUT2D eigenvalue weighted by Crippen LogP contribution is -2.31. The first-order valence-electron chi connectivity index (χ1n) is 3.77. The van der Waals surface area contributed by atoms with Crippen LogP contribution in [0.5, 0.6) is 0 Å². The molecule has 0 amide bonds. The van der Waals surface area contributed by atoms with Crippen LogP contribution in [-0.4, -0.2) is 9.49 Å². The first-order valence-corrected chi connectivity index (χ1v) is 7.51. The van der Waals surface area contributed by atoms with Crippen LogP contribution >= 0.6 is 31.4 Å². The third-order valence-electron chi connectivity index (χ3n) is 1.71. The van der Waals surface area contributed by atoms with Crippen LogP contribution in [-0.2, 0) is 0 Å². The van der Waals surface area contributed by atoms with Gasteiger partial charge in [-0.25, -0.2) is 0 Å². The van der Waals surface area contributed by atoms with Gasteiger partial charge in [0.15, 0.2) is 0 Å². The quantitative estimate of drug-likeness (QED) is 0.439. The summed E-state index contributed by atoms with van der Waals surface area (Å²) in [6.07, 6.45) is 0. The normalized spacial score (nSPS) is 16.7. The molecule has 0 spiro atoms. The second-order valence-corrected chi connectivity index (χ2v) is 12.5. The minimum absolute atomic E-state index is 0.192. The largest absolute Gasteiger partial charge is 0.140 e. The van der Waals surface area contributed by atoms with Crippen molar-refractivity contribution in [2.24, 2.45) is 0 Å². The summed E-state index contributed by atoms with van der Waals surface area (Å²) >= 11 is 9.39. The number of hydrogen-bond donors (Lipinski definition) is 2. The van der Waals surface area contributed by atoms with E-state index < -0.39 is 8.09 Å². The molecule has 0 aromatic carbocycles. The summed E-state index contributed by atoms with van der Waals surface area (Å²) in [5.74, 6) is 0. The summed E-state index contributed by atoms with van der Waals surface area (Å²) in [4.78, 5) is 0. The summed E-state index contributed by atoms with van der Waals surface area (Å²) in [6.45, 7) is 13.2. The van der Waals surface area contributed by atoms with Crippen molar-refractivity contribution in [3.63, 3.8) is 0 Å². The van der Waals surface area contributed by atoms with Crippen LogP contribution < -0.4 is 0 Å². The third kappa shape index (κ3) is 2.49. The van der Waals surface area contributed by atoms with E-state index in [9.17, 15) is 0 Å². The average Bonchev–Trinajstić information content (AvgIpc) is 1.58. The molecule has 0 saturated carbocycles. The molecule has 0 radical (unpaired) electrons. The Bertz CT molecular complexity index is 120. The van der Waals surface area contributed by atoms with Gasteiger partial charge in [0.1, 0.15) is 0 Å². The van der Waals surface area contributed by atoms with Gasteiger partial charge in [-0.1, -0.05) is 41.5 Å². The molecule has 0 bridgehead atoms. The molecule has 0 aliphatic heterocycles. The molecule has 0 unspecified atom stereocenters. The number of hydrogen-bond acceptors (Lipinski definition) is 2. The highest BCUT2D eigenvalue weighted by molar-refractivity contribution is 9.18. The van der Waals surface area contributed by atoms with E-state index in [1.54, 1.807) is 0 Å². The lowest BCUT2D eigenvalue weighted by atomic mass is 10.2. The van der Waals surface area contributed by atoms with Gasteiger partial charge in [-0.05, 0) is 0 Å². The van der Waals surface area contributed by atoms with E-state index in [-0.39, 0.29) is 9.49 Å². The van der Waals surface area contributed by atoms with E-state index in [1.165, 1.54) is 0 Å². The van der Waals surface area contributed by atoms with E-state index in [2.05, 4.69) is 41.5 Å². The summed E-state index contributed by atoms with van der Waals surface area (Å²) in [7, 11) is -1.13. The van der Waals surface area contributed by atoms with Crippen molar-refractivity contribution < 1.29 is 0 Å². The van der Waals surface area contributed by atoms with Gasteiger partial charge < -0.3 is 0 Å². The Labute approximate surface area is 82.5 Å². The molecule has 11 heavy (non-hydrogen) atoms. The van der Waals surface area contributed by atoms with E-state index in [0.29, 0.717) is 0 Å². The zero-order valence-electron chi connectivity index (χ0n) is 8.30. The molecule has 0 heterocycles. The first kappa shape index (κ1) is 12.0. The van der Waals surface area contributed by atoms with Crippen LogP contribution in [0.3, 0.4) is 0 Å². The Morgan fingerprint density at radius 2 is 0.909 bits per heavy atom. The lowest BCUT2D eigenvalue weighted by Gasteiger charge is -2.51. The molecule has 0 aliphatic rings. The fourth-order valence-electron chi connectivity index (χ4n) is 0.919. The zero-order valence-corrected chi connectivity index (χ0v) is 10.9. The first-order chi connectivity index (χ1) is 4.50. The van der Waals surface area contributed by atoms with E-state index in [1.807, 2.05) is 0 Å². The highest BCUT2D eigenvalue weighted by Gasteiger charge is 2.40. The van der Waals surface area contributed by atoms with Gasteiger partial charge in [0.2, 0.25) is 0 Å². The highest BCUT2D eigenvalue weighted by atomic mass is 33.5. The van der Waals surface area contributed by atoms with Gasteiger partial charge in [0.25, 0.3) is 0 Å². The van der Waals surface area contributed by atoms with E-state index in [4.69, 9.17) is 23.3 Å². The maximum Gasteiger partial charge on any atom is 0.00893 e. The summed E-state index contributed by atoms with van der Waals surface area (Å²) in [6, 6.07) is 0. The molecular formula is C8H20S3. The maximum absolute atomic E-state index is 4.70. The Morgan fingerprint density at radius 3 is 0.909 bits per heavy atom. The van der Waals surface area contributed by atoms with Gasteiger partial charge >= 0.3 is 0 Å².